The summed E-state index contributed by atoms with van der Waals surface area (Å²) >= 11 is 8.45. The quantitative estimate of drug-likeness (QED) is 0.382. The number of nitrogens with zero attached hydrogens (tertiary/aromatic N) is 2. The Morgan fingerprint density at radius 2 is 1.64 bits per heavy atom. The van der Waals surface area contributed by atoms with Gasteiger partial charge in [-0.25, -0.2) is 23.1 Å². The molecule has 0 spiro atoms. The second-order valence-electron chi connectivity index (χ2n) is 6.85. The Balaban J connectivity index is 1.54. The standard InChI is InChI=1S/C21H20BrN5O4S2/c1-13-11-14(2)24-20(23-13)27-33(29,30)18-9-5-16(6-10-18)25-21(32)26-19(28)12-31-17-7-3-15(22)4-8-17/h3-11H,12H2,1-2H3,(H,23,24,27)(H2,25,26,28,32). The summed E-state index contributed by atoms with van der Waals surface area (Å²) in [6.07, 6.45) is 0. The van der Waals surface area contributed by atoms with E-state index in [0.29, 0.717) is 22.8 Å². The van der Waals surface area contributed by atoms with E-state index in [1.807, 2.05) is 0 Å². The normalized spacial score (nSPS) is 10.9. The van der Waals surface area contributed by atoms with Gasteiger partial charge < -0.3 is 10.1 Å². The molecular weight excluding hydrogens is 530 g/mol. The van der Waals surface area contributed by atoms with Gasteiger partial charge in [-0.15, -0.1) is 0 Å². The zero-order chi connectivity index (χ0) is 24.0. The van der Waals surface area contributed by atoms with E-state index in [9.17, 15) is 13.2 Å². The summed E-state index contributed by atoms with van der Waals surface area (Å²) in [5.74, 6) is 0.111. The molecule has 0 atom stereocenters. The van der Waals surface area contributed by atoms with E-state index in [2.05, 4.69) is 41.3 Å². The third kappa shape index (κ3) is 7.48. The molecule has 2 aromatic carbocycles. The lowest BCUT2D eigenvalue weighted by atomic mass is 10.3. The zero-order valence-corrected chi connectivity index (χ0v) is 20.8. The molecule has 1 heterocycles. The molecule has 3 aromatic rings. The van der Waals surface area contributed by atoms with Crippen LogP contribution < -0.4 is 20.1 Å². The van der Waals surface area contributed by atoms with Crippen molar-refractivity contribution in [1.82, 2.24) is 15.3 Å². The summed E-state index contributed by atoms with van der Waals surface area (Å²) in [4.78, 5) is 20.2. The fraction of sp³-hybridized carbons (Fsp3) is 0.143. The van der Waals surface area contributed by atoms with Gasteiger partial charge in [-0.1, -0.05) is 15.9 Å². The van der Waals surface area contributed by atoms with Crippen LogP contribution in [-0.2, 0) is 14.8 Å². The number of ether oxygens (including phenoxy) is 1. The molecule has 0 saturated carbocycles. The molecule has 1 amide bonds. The number of sulfonamides is 1. The molecule has 0 aliphatic carbocycles. The maximum atomic E-state index is 12.6. The van der Waals surface area contributed by atoms with Crippen LogP contribution in [0.1, 0.15) is 11.4 Å². The first-order valence-corrected chi connectivity index (χ1v) is 12.2. The minimum atomic E-state index is -3.87. The molecule has 9 nitrogen and oxygen atoms in total. The van der Waals surface area contributed by atoms with E-state index in [0.717, 1.165) is 4.47 Å². The zero-order valence-electron chi connectivity index (χ0n) is 17.6. The first kappa shape index (κ1) is 24.6. The lowest BCUT2D eigenvalue weighted by Gasteiger charge is -2.11. The summed E-state index contributed by atoms with van der Waals surface area (Å²) < 4.78 is 33.9. The number of benzene rings is 2. The monoisotopic (exact) mass is 549 g/mol. The molecular formula is C21H20BrN5O4S2. The highest BCUT2D eigenvalue weighted by atomic mass is 79.9. The molecule has 3 rings (SSSR count). The summed E-state index contributed by atoms with van der Waals surface area (Å²) in [5.41, 5.74) is 1.80. The molecule has 12 heteroatoms. The second kappa shape index (κ2) is 10.7. The number of hydrogen-bond acceptors (Lipinski definition) is 7. The molecule has 3 N–H and O–H groups in total. The van der Waals surface area contributed by atoms with Gasteiger partial charge in [0.25, 0.3) is 15.9 Å². The van der Waals surface area contributed by atoms with Gasteiger partial charge in [-0.2, -0.15) is 0 Å². The van der Waals surface area contributed by atoms with E-state index in [1.165, 1.54) is 24.3 Å². The average molecular weight is 550 g/mol. The minimum absolute atomic E-state index is 0.00366. The molecule has 0 radical (unpaired) electrons. The number of carbonyl (C=O) groups is 1. The SMILES string of the molecule is Cc1cc(C)nc(NS(=O)(=O)c2ccc(NC(=S)NC(=O)COc3ccc(Br)cc3)cc2)n1. The van der Waals surface area contributed by atoms with Crippen LogP contribution >= 0.6 is 28.1 Å². The van der Waals surface area contributed by atoms with Gasteiger partial charge >= 0.3 is 0 Å². The Hall–Kier alpha value is -3.09. The predicted octanol–water partition coefficient (Wildman–Crippen LogP) is 3.55. The fourth-order valence-electron chi connectivity index (χ4n) is 2.67. The number of amides is 1. The summed E-state index contributed by atoms with van der Waals surface area (Å²) in [6.45, 7) is 3.29. The maximum Gasteiger partial charge on any atom is 0.264 e. The Bertz CT molecular complexity index is 1250. The molecule has 0 saturated heterocycles. The molecule has 0 aliphatic rings. The fourth-order valence-corrected chi connectivity index (χ4v) is 4.11. The smallest absolute Gasteiger partial charge is 0.264 e. The molecule has 0 bridgehead atoms. The largest absolute Gasteiger partial charge is 0.484 e. The van der Waals surface area contributed by atoms with Gasteiger partial charge in [-0.05, 0) is 80.7 Å². The van der Waals surface area contributed by atoms with Crippen molar-refractivity contribution in [2.45, 2.75) is 18.7 Å². The lowest BCUT2D eigenvalue weighted by Crippen LogP contribution is -2.37. The summed E-state index contributed by atoms with van der Waals surface area (Å²) in [5, 5.41) is 5.37. The van der Waals surface area contributed by atoms with Crippen molar-refractivity contribution in [2.24, 2.45) is 0 Å². The highest BCUT2D eigenvalue weighted by Gasteiger charge is 2.16. The van der Waals surface area contributed by atoms with E-state index in [-0.39, 0.29) is 22.6 Å². The summed E-state index contributed by atoms with van der Waals surface area (Å²) in [6, 6.07) is 14.6. The van der Waals surface area contributed by atoms with E-state index in [1.54, 1.807) is 44.2 Å². The van der Waals surface area contributed by atoms with Crippen LogP contribution in [-0.4, -0.2) is 36.0 Å². The number of carbonyl (C=O) groups excluding carboxylic acids is 1. The van der Waals surface area contributed by atoms with Crippen LogP contribution in [0.15, 0.2) is 64.0 Å². The number of thiocarbonyl (C=S) groups is 1. The minimum Gasteiger partial charge on any atom is -0.484 e. The van der Waals surface area contributed by atoms with Crippen molar-refractivity contribution in [2.75, 3.05) is 16.6 Å². The summed E-state index contributed by atoms with van der Waals surface area (Å²) in [7, 11) is -3.87. The van der Waals surface area contributed by atoms with Crippen LogP contribution in [0.5, 0.6) is 5.75 Å². The van der Waals surface area contributed by atoms with Crippen LogP contribution in [0.25, 0.3) is 0 Å². The molecule has 0 fully saturated rings. The number of hydrogen-bond donors (Lipinski definition) is 3. The lowest BCUT2D eigenvalue weighted by molar-refractivity contribution is -0.121. The number of anilines is 2. The van der Waals surface area contributed by atoms with Crippen LogP contribution in [0.2, 0.25) is 0 Å². The molecule has 33 heavy (non-hydrogen) atoms. The Kier molecular flexibility index (Phi) is 7.95. The maximum absolute atomic E-state index is 12.6. The van der Waals surface area contributed by atoms with Crippen molar-refractivity contribution in [3.05, 3.63) is 70.5 Å². The van der Waals surface area contributed by atoms with Gasteiger partial charge in [0, 0.05) is 21.5 Å². The number of halogens is 1. The molecule has 0 aliphatic heterocycles. The van der Waals surface area contributed by atoms with Gasteiger partial charge in [-0.3, -0.25) is 10.1 Å². The van der Waals surface area contributed by atoms with Crippen molar-refractivity contribution in [3.63, 3.8) is 0 Å². The van der Waals surface area contributed by atoms with Crippen molar-refractivity contribution in [1.29, 1.82) is 0 Å². The van der Waals surface area contributed by atoms with E-state index < -0.39 is 15.9 Å². The highest BCUT2D eigenvalue weighted by Crippen LogP contribution is 2.18. The number of nitrogens with one attached hydrogen (secondary N) is 3. The van der Waals surface area contributed by atoms with Gasteiger partial charge in [0.2, 0.25) is 5.95 Å². The third-order valence-electron chi connectivity index (χ3n) is 4.07. The first-order valence-electron chi connectivity index (χ1n) is 9.55. The highest BCUT2D eigenvalue weighted by molar-refractivity contribution is 9.10. The third-order valence-corrected chi connectivity index (χ3v) is 6.14. The van der Waals surface area contributed by atoms with Gasteiger partial charge in [0.15, 0.2) is 11.7 Å². The Labute approximate surface area is 205 Å². The Morgan fingerprint density at radius 1 is 1.03 bits per heavy atom. The van der Waals surface area contributed by atoms with Gasteiger partial charge in [0.05, 0.1) is 4.90 Å². The number of aryl methyl sites for hydroxylation is 2. The second-order valence-corrected chi connectivity index (χ2v) is 9.86. The van der Waals surface area contributed by atoms with Crippen LogP contribution in [0.4, 0.5) is 11.6 Å². The molecule has 0 unspecified atom stereocenters. The first-order chi connectivity index (χ1) is 15.6. The molecule has 1 aromatic heterocycles. The van der Waals surface area contributed by atoms with Crippen molar-refractivity contribution < 1.29 is 17.9 Å². The van der Waals surface area contributed by atoms with Crippen LogP contribution in [0.3, 0.4) is 0 Å². The van der Waals surface area contributed by atoms with Crippen LogP contribution in [0, 0.1) is 13.8 Å². The Morgan fingerprint density at radius 3 is 2.24 bits per heavy atom. The van der Waals surface area contributed by atoms with Crippen molar-refractivity contribution >= 4 is 60.8 Å². The number of aromatic nitrogens is 2. The number of rotatable bonds is 7. The predicted molar refractivity (Wildman–Crippen MR) is 133 cm³/mol. The molecule has 172 valence electrons. The average Bonchev–Trinajstić information content (AvgIpc) is 2.72. The van der Waals surface area contributed by atoms with E-state index in [4.69, 9.17) is 17.0 Å². The van der Waals surface area contributed by atoms with Gasteiger partial charge in [0.1, 0.15) is 5.75 Å². The van der Waals surface area contributed by atoms with Crippen molar-refractivity contribution in [3.8, 4) is 5.75 Å². The topological polar surface area (TPSA) is 122 Å². The van der Waals surface area contributed by atoms with E-state index >= 15 is 0 Å².